The second kappa shape index (κ2) is 22.2. The Balaban J connectivity index is 1.17. The molecule has 3 N–H and O–H groups in total. The van der Waals surface area contributed by atoms with E-state index >= 15 is 0 Å². The van der Waals surface area contributed by atoms with E-state index in [2.05, 4.69) is 22.3 Å². The van der Waals surface area contributed by atoms with E-state index in [9.17, 15) is 18.0 Å². The van der Waals surface area contributed by atoms with Gasteiger partial charge < -0.3 is 10.6 Å². The minimum atomic E-state index is -4.04. The number of unbranched alkanes of at least 4 members (excludes halogenated alkanes) is 18. The number of hydrogen-bond donors (Lipinski definition) is 3. The van der Waals surface area contributed by atoms with Gasteiger partial charge in [0.2, 0.25) is 5.91 Å². The molecule has 0 heterocycles. The molecule has 0 bridgehead atoms. The number of sulfonamides is 1. The summed E-state index contributed by atoms with van der Waals surface area (Å²) in [5, 5.41) is 7.10. The average molecular weight is 664 g/mol. The molecule has 8 heteroatoms. The number of urea groups is 1. The number of rotatable bonds is 24. The van der Waals surface area contributed by atoms with Crippen LogP contribution in [0.1, 0.15) is 135 Å². The highest BCUT2D eigenvalue weighted by atomic mass is 32.2. The third-order valence-electron chi connectivity index (χ3n) is 8.69. The predicted molar refractivity (Wildman–Crippen MR) is 196 cm³/mol. The van der Waals surface area contributed by atoms with Crippen LogP contribution in [0.25, 0.3) is 10.8 Å². The lowest BCUT2D eigenvalue weighted by molar-refractivity contribution is -0.116. The van der Waals surface area contributed by atoms with Crippen molar-refractivity contribution in [2.24, 2.45) is 0 Å². The van der Waals surface area contributed by atoms with Crippen LogP contribution in [0.3, 0.4) is 0 Å². The van der Waals surface area contributed by atoms with Crippen LogP contribution in [0.5, 0.6) is 0 Å². The lowest BCUT2D eigenvalue weighted by Crippen LogP contribution is -2.34. The van der Waals surface area contributed by atoms with E-state index in [4.69, 9.17) is 0 Å². The van der Waals surface area contributed by atoms with Gasteiger partial charge in [-0.25, -0.2) is 17.9 Å². The fraction of sp³-hybridized carbons (Fsp3) is 0.538. The zero-order chi connectivity index (χ0) is 33.6. The van der Waals surface area contributed by atoms with E-state index in [-0.39, 0.29) is 10.8 Å². The lowest BCUT2D eigenvalue weighted by atomic mass is 10.0. The number of nitrogens with one attached hydrogen (secondary N) is 3. The molecule has 0 aromatic heterocycles. The molecule has 0 fully saturated rings. The molecule has 0 saturated heterocycles. The van der Waals surface area contributed by atoms with Gasteiger partial charge in [-0.05, 0) is 53.6 Å². The molecule has 0 atom stereocenters. The maximum Gasteiger partial charge on any atom is 0.333 e. The highest BCUT2D eigenvalue weighted by Gasteiger charge is 2.18. The molecule has 0 spiro atoms. The highest BCUT2D eigenvalue weighted by molar-refractivity contribution is 7.90. The Morgan fingerprint density at radius 3 is 1.49 bits per heavy atom. The third-order valence-corrected chi connectivity index (χ3v) is 10.0. The maximum absolute atomic E-state index is 12.7. The van der Waals surface area contributed by atoms with E-state index < -0.39 is 16.1 Å². The Bertz CT molecular complexity index is 1440. The molecule has 3 aromatic carbocycles. The molecular formula is C39H57N3O4S. The summed E-state index contributed by atoms with van der Waals surface area (Å²) in [6.45, 7) is 2.28. The van der Waals surface area contributed by atoms with Gasteiger partial charge in [-0.3, -0.25) is 4.79 Å². The van der Waals surface area contributed by atoms with Crippen molar-refractivity contribution in [2.75, 3.05) is 10.6 Å². The SMILES string of the molecule is CCCCCCCCCCCCCCCCCCCCCC(=O)Nc1ccc(NC(=O)NS(=O)(=O)c2ccc3ccccc3c2)cc1. The summed E-state index contributed by atoms with van der Waals surface area (Å²) in [4.78, 5) is 24.8. The largest absolute Gasteiger partial charge is 0.333 e. The summed E-state index contributed by atoms with van der Waals surface area (Å²) in [6, 6.07) is 17.9. The first kappa shape index (κ1) is 38.1. The van der Waals surface area contributed by atoms with Gasteiger partial charge in [-0.1, -0.05) is 153 Å². The Morgan fingerprint density at radius 2 is 0.979 bits per heavy atom. The van der Waals surface area contributed by atoms with Crippen molar-refractivity contribution in [3.63, 3.8) is 0 Å². The topological polar surface area (TPSA) is 104 Å². The third kappa shape index (κ3) is 15.8. The zero-order valence-corrected chi connectivity index (χ0v) is 29.4. The van der Waals surface area contributed by atoms with Gasteiger partial charge in [0, 0.05) is 17.8 Å². The first-order chi connectivity index (χ1) is 22.9. The number of anilines is 2. The molecule has 0 aliphatic carbocycles. The van der Waals surface area contributed by atoms with Crippen LogP contribution in [-0.4, -0.2) is 20.4 Å². The molecule has 3 rings (SSSR count). The summed E-state index contributed by atoms with van der Waals surface area (Å²) < 4.78 is 27.5. The molecule has 3 aromatic rings. The lowest BCUT2D eigenvalue weighted by Gasteiger charge is -2.10. The average Bonchev–Trinajstić information content (AvgIpc) is 3.06. The zero-order valence-electron chi connectivity index (χ0n) is 28.5. The number of amides is 3. The van der Waals surface area contributed by atoms with Crippen molar-refractivity contribution in [3.05, 3.63) is 66.7 Å². The van der Waals surface area contributed by atoms with Gasteiger partial charge in [0.15, 0.2) is 0 Å². The first-order valence-corrected chi connectivity index (χ1v) is 19.6. The van der Waals surface area contributed by atoms with Crippen LogP contribution in [0, 0.1) is 0 Å². The molecule has 3 amide bonds. The summed E-state index contributed by atoms with van der Waals surface area (Å²) >= 11 is 0. The molecule has 47 heavy (non-hydrogen) atoms. The van der Waals surface area contributed by atoms with Crippen LogP contribution in [0.2, 0.25) is 0 Å². The smallest absolute Gasteiger partial charge is 0.326 e. The molecule has 0 unspecified atom stereocenters. The number of carbonyl (C=O) groups excluding carboxylic acids is 2. The van der Waals surface area contributed by atoms with Crippen LogP contribution in [-0.2, 0) is 14.8 Å². The van der Waals surface area contributed by atoms with E-state index in [1.54, 1.807) is 30.3 Å². The maximum atomic E-state index is 12.7. The van der Waals surface area contributed by atoms with Crippen LogP contribution in [0.15, 0.2) is 71.6 Å². The van der Waals surface area contributed by atoms with Crippen molar-refractivity contribution >= 4 is 44.1 Å². The van der Waals surface area contributed by atoms with Gasteiger partial charge in [-0.2, -0.15) is 0 Å². The summed E-state index contributed by atoms with van der Waals surface area (Å²) in [5.74, 6) is -0.0306. The van der Waals surface area contributed by atoms with Gasteiger partial charge >= 0.3 is 6.03 Å². The summed E-state index contributed by atoms with van der Waals surface area (Å²) in [6.07, 6.45) is 25.6. The Kier molecular flexibility index (Phi) is 18.0. The number of benzene rings is 3. The van der Waals surface area contributed by atoms with Crippen molar-refractivity contribution in [2.45, 2.75) is 140 Å². The Labute approximate surface area is 283 Å². The summed E-state index contributed by atoms with van der Waals surface area (Å²) in [7, 11) is -4.04. The molecule has 0 radical (unpaired) electrons. The number of hydrogen-bond acceptors (Lipinski definition) is 4. The van der Waals surface area contributed by atoms with E-state index in [1.807, 2.05) is 24.3 Å². The van der Waals surface area contributed by atoms with Crippen molar-refractivity contribution in [1.29, 1.82) is 0 Å². The molecule has 0 aliphatic rings. The minimum absolute atomic E-state index is 0.00873. The number of fused-ring (bicyclic) bond motifs is 1. The molecule has 258 valence electrons. The Hall–Kier alpha value is -3.39. The normalized spacial score (nSPS) is 11.4. The van der Waals surface area contributed by atoms with Crippen LogP contribution in [0.4, 0.5) is 16.2 Å². The van der Waals surface area contributed by atoms with E-state index in [0.29, 0.717) is 17.8 Å². The Morgan fingerprint density at radius 1 is 0.532 bits per heavy atom. The van der Waals surface area contributed by atoms with Gasteiger partial charge in [0.25, 0.3) is 10.0 Å². The van der Waals surface area contributed by atoms with E-state index in [0.717, 1.165) is 23.6 Å². The van der Waals surface area contributed by atoms with Gasteiger partial charge in [0.1, 0.15) is 0 Å². The fourth-order valence-corrected chi connectivity index (χ4v) is 6.84. The summed E-state index contributed by atoms with van der Waals surface area (Å²) in [5.41, 5.74) is 1.04. The van der Waals surface area contributed by atoms with Crippen LogP contribution < -0.4 is 15.4 Å². The molecule has 0 aliphatic heterocycles. The number of carbonyl (C=O) groups is 2. The fourth-order valence-electron chi connectivity index (χ4n) is 5.90. The van der Waals surface area contributed by atoms with Gasteiger partial charge in [-0.15, -0.1) is 0 Å². The standard InChI is InChI=1S/C39H57N3O4S/c1-2-3-4-5-6-7-8-9-10-11-12-13-14-15-16-17-18-19-20-25-38(43)40-35-27-29-36(30-28-35)41-39(44)42-47(45,46)37-31-26-33-23-21-22-24-34(33)32-37/h21-24,26-32H,2-20,25H2,1H3,(H,40,43)(H2,41,42,44). The second-order valence-corrected chi connectivity index (χ2v) is 14.5. The quantitative estimate of drug-likeness (QED) is 0.0829. The monoisotopic (exact) mass is 663 g/mol. The van der Waals surface area contributed by atoms with Crippen LogP contribution >= 0.6 is 0 Å². The van der Waals surface area contributed by atoms with Crippen molar-refractivity contribution in [3.8, 4) is 0 Å². The van der Waals surface area contributed by atoms with Gasteiger partial charge in [0.05, 0.1) is 4.90 Å². The predicted octanol–water partition coefficient (Wildman–Crippen LogP) is 11.1. The van der Waals surface area contributed by atoms with Crippen molar-refractivity contribution in [1.82, 2.24) is 4.72 Å². The molecular weight excluding hydrogens is 607 g/mol. The minimum Gasteiger partial charge on any atom is -0.326 e. The van der Waals surface area contributed by atoms with E-state index in [1.165, 1.54) is 121 Å². The molecule has 0 saturated carbocycles. The molecule has 7 nitrogen and oxygen atoms in total. The van der Waals surface area contributed by atoms with Crippen molar-refractivity contribution < 1.29 is 18.0 Å². The highest BCUT2D eigenvalue weighted by Crippen LogP contribution is 2.20. The first-order valence-electron chi connectivity index (χ1n) is 18.1. The second-order valence-electron chi connectivity index (χ2n) is 12.8.